The van der Waals surface area contributed by atoms with Crippen molar-refractivity contribution in [3.8, 4) is 17.0 Å². The number of β-amino-alcohol motifs (C(OH)–C–C–N with tert-alkyl or cyclic N) is 1. The minimum atomic E-state index is -0.413. The molecule has 0 spiro atoms. The fourth-order valence-corrected chi connectivity index (χ4v) is 3.86. The number of aliphatic hydroxyl groups is 1. The molecule has 1 aliphatic rings. The molecule has 1 atom stereocenters. The molecule has 0 saturated carbocycles. The molecule has 1 amide bonds. The number of aromatic nitrogens is 2. The van der Waals surface area contributed by atoms with Crippen molar-refractivity contribution in [1.82, 2.24) is 15.1 Å². The highest BCUT2D eigenvalue weighted by Crippen LogP contribution is 2.45. The second-order valence-electron chi connectivity index (χ2n) is 7.01. The first-order valence-electron chi connectivity index (χ1n) is 8.98. The molecule has 2 aromatic carbocycles. The number of halogens is 1. The zero-order valence-corrected chi connectivity index (χ0v) is 16.3. The first-order valence-corrected chi connectivity index (χ1v) is 9.36. The highest BCUT2D eigenvalue weighted by molar-refractivity contribution is 6.31. The molecule has 0 fully saturated rings. The van der Waals surface area contributed by atoms with Gasteiger partial charge in [-0.05, 0) is 37.1 Å². The summed E-state index contributed by atoms with van der Waals surface area (Å²) >= 11 is 6.27. The number of hydrogen-bond donors (Lipinski definition) is 3. The number of phenols is 1. The molecular formula is C21H20ClN3O3. The number of nitrogens with one attached hydrogen (secondary N) is 1. The molecule has 0 unspecified atom stereocenters. The van der Waals surface area contributed by atoms with Gasteiger partial charge in [0.1, 0.15) is 17.1 Å². The number of aliphatic hydroxyl groups excluding tert-OH is 1. The Morgan fingerprint density at radius 3 is 2.61 bits per heavy atom. The van der Waals surface area contributed by atoms with E-state index < -0.39 is 6.04 Å². The van der Waals surface area contributed by atoms with Gasteiger partial charge in [-0.3, -0.25) is 9.89 Å². The number of aromatic amines is 1. The minimum absolute atomic E-state index is 0.0481. The maximum absolute atomic E-state index is 12.9. The number of hydrogen-bond acceptors (Lipinski definition) is 4. The standard InChI is InChI=1S/C21H20ClN3O3/c1-11-3-5-13(6-4-11)20-17-18(14-10-15(22)12(2)9-16(14)27)23-24-19(17)21(28)25(20)7-8-26/h3-6,9-10,20,26-27H,7-8H2,1-2H3,(H,23,24)/t20-/m1/s1. The van der Waals surface area contributed by atoms with Crippen LogP contribution in [0.5, 0.6) is 5.75 Å². The van der Waals surface area contributed by atoms with Crippen LogP contribution in [0.15, 0.2) is 36.4 Å². The maximum atomic E-state index is 12.9. The summed E-state index contributed by atoms with van der Waals surface area (Å²) in [6.45, 7) is 3.85. The number of benzene rings is 2. The van der Waals surface area contributed by atoms with Crippen LogP contribution in [0.25, 0.3) is 11.3 Å². The number of aryl methyl sites for hydroxylation is 2. The van der Waals surface area contributed by atoms with E-state index in [-0.39, 0.29) is 24.8 Å². The number of nitrogens with zero attached hydrogens (tertiary/aromatic N) is 2. The van der Waals surface area contributed by atoms with Crippen LogP contribution < -0.4 is 0 Å². The van der Waals surface area contributed by atoms with E-state index in [1.807, 2.05) is 38.1 Å². The zero-order chi connectivity index (χ0) is 20.0. The lowest BCUT2D eigenvalue weighted by Gasteiger charge is -2.25. The molecule has 2 heterocycles. The number of H-pyrrole nitrogens is 1. The van der Waals surface area contributed by atoms with Gasteiger partial charge in [0.2, 0.25) is 0 Å². The Balaban J connectivity index is 1.92. The van der Waals surface area contributed by atoms with E-state index in [1.54, 1.807) is 17.0 Å². The topological polar surface area (TPSA) is 89.5 Å². The van der Waals surface area contributed by atoms with Gasteiger partial charge in [-0.15, -0.1) is 0 Å². The van der Waals surface area contributed by atoms with Gasteiger partial charge in [-0.1, -0.05) is 41.4 Å². The molecule has 6 nitrogen and oxygen atoms in total. The third kappa shape index (κ3) is 2.85. The third-order valence-corrected chi connectivity index (χ3v) is 5.54. The number of amides is 1. The Morgan fingerprint density at radius 1 is 1.21 bits per heavy atom. The molecule has 4 rings (SSSR count). The molecule has 144 valence electrons. The summed E-state index contributed by atoms with van der Waals surface area (Å²) in [7, 11) is 0. The molecule has 1 aliphatic heterocycles. The van der Waals surface area contributed by atoms with Crippen molar-refractivity contribution in [3.05, 3.63) is 69.4 Å². The Kier molecular flexibility index (Phi) is 4.61. The fraction of sp³-hybridized carbons (Fsp3) is 0.238. The van der Waals surface area contributed by atoms with Crippen molar-refractivity contribution < 1.29 is 15.0 Å². The normalized spacial score (nSPS) is 15.9. The van der Waals surface area contributed by atoms with Gasteiger partial charge in [0, 0.05) is 22.7 Å². The molecular weight excluding hydrogens is 378 g/mol. The van der Waals surface area contributed by atoms with Gasteiger partial charge in [0.15, 0.2) is 0 Å². The largest absolute Gasteiger partial charge is 0.507 e. The molecule has 0 bridgehead atoms. The van der Waals surface area contributed by atoms with Crippen LogP contribution in [0.3, 0.4) is 0 Å². The Labute approximate surface area is 167 Å². The third-order valence-electron chi connectivity index (χ3n) is 5.13. The maximum Gasteiger partial charge on any atom is 0.273 e. The van der Waals surface area contributed by atoms with E-state index in [2.05, 4.69) is 10.2 Å². The lowest BCUT2D eigenvalue weighted by atomic mass is 9.95. The van der Waals surface area contributed by atoms with Gasteiger partial charge in [-0.2, -0.15) is 5.10 Å². The summed E-state index contributed by atoms with van der Waals surface area (Å²) < 4.78 is 0. The van der Waals surface area contributed by atoms with Crippen LogP contribution in [0.2, 0.25) is 5.02 Å². The predicted molar refractivity (Wildman–Crippen MR) is 107 cm³/mol. The zero-order valence-electron chi connectivity index (χ0n) is 15.5. The molecule has 3 N–H and O–H groups in total. The quantitative estimate of drug-likeness (QED) is 0.627. The van der Waals surface area contributed by atoms with Gasteiger partial charge in [-0.25, -0.2) is 0 Å². The second-order valence-corrected chi connectivity index (χ2v) is 7.42. The Morgan fingerprint density at radius 2 is 1.93 bits per heavy atom. The number of phenolic OH excluding ortho intramolecular Hbond substituents is 1. The number of aromatic hydroxyl groups is 1. The average molecular weight is 398 g/mol. The highest BCUT2D eigenvalue weighted by Gasteiger charge is 2.42. The van der Waals surface area contributed by atoms with Crippen LogP contribution in [0.1, 0.15) is 38.8 Å². The smallest absolute Gasteiger partial charge is 0.273 e. The van der Waals surface area contributed by atoms with Crippen LogP contribution in [-0.4, -0.2) is 44.4 Å². The Bertz CT molecular complexity index is 1060. The van der Waals surface area contributed by atoms with E-state index >= 15 is 0 Å². The summed E-state index contributed by atoms with van der Waals surface area (Å²) in [4.78, 5) is 14.6. The predicted octanol–water partition coefficient (Wildman–Crippen LogP) is 3.59. The van der Waals surface area contributed by atoms with Gasteiger partial charge in [0.05, 0.1) is 12.6 Å². The SMILES string of the molecule is Cc1ccc([C@@H]2c3c(-c4cc(Cl)c(C)cc4O)n[nH]c3C(=O)N2CCO)cc1. The Hall–Kier alpha value is -2.83. The minimum Gasteiger partial charge on any atom is -0.507 e. The lowest BCUT2D eigenvalue weighted by Crippen LogP contribution is -2.32. The van der Waals surface area contributed by atoms with E-state index in [1.165, 1.54) is 0 Å². The van der Waals surface area contributed by atoms with Gasteiger partial charge in [0.25, 0.3) is 5.91 Å². The summed E-state index contributed by atoms with van der Waals surface area (Å²) in [5.74, 6) is -0.182. The summed E-state index contributed by atoms with van der Waals surface area (Å²) in [5.41, 5.74) is 4.76. The molecule has 0 saturated heterocycles. The molecule has 3 aromatic rings. The van der Waals surface area contributed by atoms with Crippen molar-refractivity contribution in [2.24, 2.45) is 0 Å². The van der Waals surface area contributed by atoms with Crippen molar-refractivity contribution in [1.29, 1.82) is 0 Å². The number of carbonyl (C=O) groups is 1. The van der Waals surface area contributed by atoms with Gasteiger partial charge >= 0.3 is 0 Å². The highest BCUT2D eigenvalue weighted by atomic mass is 35.5. The average Bonchev–Trinajstić information content (AvgIpc) is 3.20. The van der Waals surface area contributed by atoms with E-state index in [0.717, 1.165) is 16.7 Å². The van der Waals surface area contributed by atoms with Gasteiger partial charge < -0.3 is 15.1 Å². The monoisotopic (exact) mass is 397 g/mol. The van der Waals surface area contributed by atoms with Crippen LogP contribution in [0, 0.1) is 13.8 Å². The first kappa shape index (κ1) is 18.5. The van der Waals surface area contributed by atoms with Crippen LogP contribution in [0.4, 0.5) is 0 Å². The van der Waals surface area contributed by atoms with E-state index in [4.69, 9.17) is 11.6 Å². The fourth-order valence-electron chi connectivity index (χ4n) is 3.69. The molecule has 28 heavy (non-hydrogen) atoms. The summed E-state index contributed by atoms with van der Waals surface area (Å²) in [6.07, 6.45) is 0. The van der Waals surface area contributed by atoms with Crippen molar-refractivity contribution in [2.75, 3.05) is 13.2 Å². The summed E-state index contributed by atoms with van der Waals surface area (Å²) in [5, 5.41) is 27.6. The lowest BCUT2D eigenvalue weighted by molar-refractivity contribution is 0.0706. The van der Waals surface area contributed by atoms with Crippen LogP contribution >= 0.6 is 11.6 Å². The number of fused-ring (bicyclic) bond motifs is 1. The molecule has 7 heteroatoms. The van der Waals surface area contributed by atoms with Crippen molar-refractivity contribution >= 4 is 17.5 Å². The number of carbonyl (C=O) groups excluding carboxylic acids is 1. The van der Waals surface area contributed by atoms with Crippen LogP contribution in [-0.2, 0) is 0 Å². The van der Waals surface area contributed by atoms with E-state index in [9.17, 15) is 15.0 Å². The van der Waals surface area contributed by atoms with Crippen molar-refractivity contribution in [3.63, 3.8) is 0 Å². The number of rotatable bonds is 4. The molecule has 0 aliphatic carbocycles. The summed E-state index contributed by atoms with van der Waals surface area (Å²) in [6, 6.07) is 10.7. The second kappa shape index (κ2) is 6.96. The molecule has 1 aromatic heterocycles. The first-order chi connectivity index (χ1) is 13.4. The van der Waals surface area contributed by atoms with Crippen molar-refractivity contribution in [2.45, 2.75) is 19.9 Å². The van der Waals surface area contributed by atoms with E-state index in [0.29, 0.717) is 27.5 Å². The molecule has 0 radical (unpaired) electrons.